The lowest BCUT2D eigenvalue weighted by Crippen LogP contribution is -1.96. The van der Waals surface area contributed by atoms with Crippen LogP contribution in [0, 0.1) is 4.77 Å². The van der Waals surface area contributed by atoms with Gasteiger partial charge in [0, 0.05) is 18.0 Å². The van der Waals surface area contributed by atoms with E-state index in [1.165, 1.54) is 0 Å². The molecule has 0 aliphatic heterocycles. The molecule has 122 valence electrons. The van der Waals surface area contributed by atoms with Crippen LogP contribution >= 0.6 is 12.2 Å². The van der Waals surface area contributed by atoms with Crippen molar-refractivity contribution in [2.45, 2.75) is 0 Å². The average Bonchev–Trinajstić information content (AvgIpc) is 3.01. The van der Waals surface area contributed by atoms with Crippen molar-refractivity contribution in [2.24, 2.45) is 5.10 Å². The van der Waals surface area contributed by atoms with Crippen LogP contribution in [0.25, 0.3) is 11.4 Å². The second kappa shape index (κ2) is 7.05. The molecule has 0 atom stereocenters. The molecule has 2 heterocycles. The lowest BCUT2D eigenvalue weighted by atomic mass is 10.2. The van der Waals surface area contributed by atoms with Crippen LogP contribution in [0.2, 0.25) is 0 Å². The zero-order chi connectivity index (χ0) is 16.9. The summed E-state index contributed by atoms with van der Waals surface area (Å²) in [5.74, 6) is 1.88. The van der Waals surface area contributed by atoms with Crippen LogP contribution in [0.1, 0.15) is 5.56 Å². The molecule has 1 N–H and O–H groups in total. The fourth-order valence-corrected chi connectivity index (χ4v) is 2.32. The molecule has 3 rings (SSSR count). The molecule has 0 aliphatic rings. The number of ether oxygens (including phenoxy) is 2. The maximum absolute atomic E-state index is 5.29. The zero-order valence-corrected chi connectivity index (χ0v) is 13.9. The van der Waals surface area contributed by atoms with Crippen LogP contribution in [0.5, 0.6) is 11.5 Å². The van der Waals surface area contributed by atoms with Crippen LogP contribution < -0.4 is 9.47 Å². The van der Waals surface area contributed by atoms with Crippen LogP contribution in [0.3, 0.4) is 0 Å². The van der Waals surface area contributed by atoms with Gasteiger partial charge in [-0.1, -0.05) is 0 Å². The highest BCUT2D eigenvalue weighted by atomic mass is 32.1. The SMILES string of the molecule is COc1ccc(/C=N/n2c(-c3cccnc3)n[nH]c2=S)cc1OC. The second-order valence-corrected chi connectivity index (χ2v) is 5.15. The van der Waals surface area contributed by atoms with E-state index in [9.17, 15) is 0 Å². The minimum Gasteiger partial charge on any atom is -0.493 e. The van der Waals surface area contributed by atoms with E-state index in [-0.39, 0.29) is 0 Å². The summed E-state index contributed by atoms with van der Waals surface area (Å²) in [5, 5.41) is 11.4. The van der Waals surface area contributed by atoms with E-state index in [1.54, 1.807) is 37.5 Å². The second-order valence-electron chi connectivity index (χ2n) is 4.76. The van der Waals surface area contributed by atoms with Crippen LogP contribution in [0.15, 0.2) is 47.8 Å². The quantitative estimate of drug-likeness (QED) is 0.570. The Morgan fingerprint density at radius 1 is 1.21 bits per heavy atom. The Bertz CT molecular complexity index is 918. The van der Waals surface area contributed by atoms with Gasteiger partial charge in [0.1, 0.15) is 0 Å². The molecule has 2 aromatic heterocycles. The van der Waals surface area contributed by atoms with Gasteiger partial charge in [-0.05, 0) is 48.1 Å². The number of H-pyrrole nitrogens is 1. The molecule has 1 aromatic carbocycles. The monoisotopic (exact) mass is 341 g/mol. The van der Waals surface area contributed by atoms with Crippen molar-refractivity contribution < 1.29 is 9.47 Å². The lowest BCUT2D eigenvalue weighted by Gasteiger charge is -2.07. The molecule has 0 unspecified atom stereocenters. The minimum atomic E-state index is 0.394. The molecule has 24 heavy (non-hydrogen) atoms. The molecule has 0 saturated carbocycles. The molecule has 0 saturated heterocycles. The molecule has 8 heteroatoms. The number of aromatic amines is 1. The Morgan fingerprint density at radius 2 is 2.04 bits per heavy atom. The lowest BCUT2D eigenvalue weighted by molar-refractivity contribution is 0.355. The number of nitrogens with zero attached hydrogens (tertiary/aromatic N) is 4. The molecule has 7 nitrogen and oxygen atoms in total. The molecule has 0 aliphatic carbocycles. The third-order valence-electron chi connectivity index (χ3n) is 3.30. The average molecular weight is 341 g/mol. The van der Waals surface area contributed by atoms with Crippen molar-refractivity contribution in [1.29, 1.82) is 0 Å². The van der Waals surface area contributed by atoms with Gasteiger partial charge in [0.05, 0.1) is 20.4 Å². The summed E-state index contributed by atoms with van der Waals surface area (Å²) in [6, 6.07) is 9.24. The summed E-state index contributed by atoms with van der Waals surface area (Å²) in [7, 11) is 3.18. The Hall–Kier alpha value is -3.00. The summed E-state index contributed by atoms with van der Waals surface area (Å²) in [5.41, 5.74) is 1.65. The van der Waals surface area contributed by atoms with Crippen molar-refractivity contribution in [1.82, 2.24) is 19.9 Å². The van der Waals surface area contributed by atoms with Gasteiger partial charge < -0.3 is 9.47 Å². The van der Waals surface area contributed by atoms with Crippen molar-refractivity contribution in [3.63, 3.8) is 0 Å². The normalized spacial score (nSPS) is 10.9. The summed E-state index contributed by atoms with van der Waals surface area (Å²) < 4.78 is 12.5. The number of pyridine rings is 1. The van der Waals surface area contributed by atoms with E-state index in [1.807, 2.05) is 30.3 Å². The number of aromatic nitrogens is 4. The largest absolute Gasteiger partial charge is 0.493 e. The topological polar surface area (TPSA) is 77.3 Å². The van der Waals surface area contributed by atoms with Crippen molar-refractivity contribution in [3.8, 4) is 22.9 Å². The van der Waals surface area contributed by atoms with E-state index in [0.29, 0.717) is 22.1 Å². The van der Waals surface area contributed by atoms with Gasteiger partial charge in [0.2, 0.25) is 4.77 Å². The van der Waals surface area contributed by atoms with Gasteiger partial charge in [-0.25, -0.2) is 5.10 Å². The highest BCUT2D eigenvalue weighted by Crippen LogP contribution is 2.27. The Balaban J connectivity index is 1.96. The Kier molecular flexibility index (Phi) is 4.66. The van der Waals surface area contributed by atoms with Gasteiger partial charge in [-0.3, -0.25) is 4.98 Å². The van der Waals surface area contributed by atoms with Gasteiger partial charge in [-0.15, -0.1) is 0 Å². The first kappa shape index (κ1) is 15.9. The fourth-order valence-electron chi connectivity index (χ4n) is 2.14. The summed E-state index contributed by atoms with van der Waals surface area (Å²) in [6.07, 6.45) is 5.07. The first-order valence-electron chi connectivity index (χ1n) is 7.07. The minimum absolute atomic E-state index is 0.394. The summed E-state index contributed by atoms with van der Waals surface area (Å²) in [4.78, 5) is 4.09. The van der Waals surface area contributed by atoms with Crippen molar-refractivity contribution >= 4 is 18.4 Å². The standard InChI is InChI=1S/C16H15N5O2S/c1-22-13-6-5-11(8-14(13)23-2)9-18-21-15(19-20-16(21)24)12-4-3-7-17-10-12/h3-10H,1-2H3,(H,20,24)/b18-9+. The Morgan fingerprint density at radius 3 is 2.75 bits per heavy atom. The van der Waals surface area contributed by atoms with Crippen molar-refractivity contribution in [2.75, 3.05) is 14.2 Å². The van der Waals surface area contributed by atoms with E-state index in [4.69, 9.17) is 21.7 Å². The molecule has 0 bridgehead atoms. The predicted octanol–water partition coefficient (Wildman–Crippen LogP) is 2.90. The molecular weight excluding hydrogens is 326 g/mol. The smallest absolute Gasteiger partial charge is 0.216 e. The summed E-state index contributed by atoms with van der Waals surface area (Å²) >= 11 is 5.24. The molecule has 0 fully saturated rings. The van der Waals surface area contributed by atoms with Crippen LogP contribution in [-0.4, -0.2) is 40.3 Å². The first-order chi connectivity index (χ1) is 11.7. The third kappa shape index (κ3) is 3.18. The highest BCUT2D eigenvalue weighted by Gasteiger charge is 2.08. The first-order valence-corrected chi connectivity index (χ1v) is 7.48. The molecule has 0 spiro atoms. The van der Waals surface area contributed by atoms with Gasteiger partial charge in [0.25, 0.3) is 0 Å². The zero-order valence-electron chi connectivity index (χ0n) is 13.1. The highest BCUT2D eigenvalue weighted by molar-refractivity contribution is 7.71. The van der Waals surface area contributed by atoms with Gasteiger partial charge >= 0.3 is 0 Å². The van der Waals surface area contributed by atoms with E-state index >= 15 is 0 Å². The van der Waals surface area contributed by atoms with E-state index in [0.717, 1.165) is 11.1 Å². The molecule has 0 radical (unpaired) electrons. The number of hydrogen-bond acceptors (Lipinski definition) is 6. The number of methoxy groups -OCH3 is 2. The van der Waals surface area contributed by atoms with Gasteiger partial charge in [0.15, 0.2) is 17.3 Å². The van der Waals surface area contributed by atoms with E-state index in [2.05, 4.69) is 20.3 Å². The molecule has 3 aromatic rings. The number of hydrogen-bond donors (Lipinski definition) is 1. The fraction of sp³-hybridized carbons (Fsp3) is 0.125. The predicted molar refractivity (Wildman–Crippen MR) is 93.2 cm³/mol. The molecular formula is C16H15N5O2S. The summed E-state index contributed by atoms with van der Waals surface area (Å²) in [6.45, 7) is 0. The third-order valence-corrected chi connectivity index (χ3v) is 3.56. The van der Waals surface area contributed by atoms with Crippen LogP contribution in [0.4, 0.5) is 0 Å². The van der Waals surface area contributed by atoms with Gasteiger partial charge in [-0.2, -0.15) is 14.9 Å². The maximum atomic E-state index is 5.29. The van der Waals surface area contributed by atoms with Crippen LogP contribution in [-0.2, 0) is 0 Å². The Labute approximate surface area is 143 Å². The van der Waals surface area contributed by atoms with Crippen molar-refractivity contribution in [3.05, 3.63) is 53.1 Å². The number of benzene rings is 1. The number of rotatable bonds is 5. The maximum Gasteiger partial charge on any atom is 0.216 e. The number of nitrogens with one attached hydrogen (secondary N) is 1. The molecule has 0 amide bonds. The van der Waals surface area contributed by atoms with E-state index < -0.39 is 0 Å².